The SMILES string of the molecule is CC(C)(C)CCC(=O)c1cc2c(cc1Br)OCCO2. The summed E-state index contributed by atoms with van der Waals surface area (Å²) >= 11 is 3.44. The van der Waals surface area contributed by atoms with Crippen molar-refractivity contribution in [3.05, 3.63) is 22.2 Å². The molecule has 1 heterocycles. The van der Waals surface area contributed by atoms with Crippen molar-refractivity contribution < 1.29 is 14.3 Å². The number of hydrogen-bond acceptors (Lipinski definition) is 3. The number of carbonyl (C=O) groups is 1. The fourth-order valence-electron chi connectivity index (χ4n) is 1.90. The van der Waals surface area contributed by atoms with Crippen LogP contribution in [0.3, 0.4) is 0 Å². The van der Waals surface area contributed by atoms with Gasteiger partial charge >= 0.3 is 0 Å². The van der Waals surface area contributed by atoms with Crippen LogP contribution in [0.1, 0.15) is 44.0 Å². The first kappa shape index (κ1) is 14.4. The van der Waals surface area contributed by atoms with Crippen LogP contribution in [0.5, 0.6) is 11.5 Å². The summed E-state index contributed by atoms with van der Waals surface area (Å²) in [5.41, 5.74) is 0.837. The Morgan fingerprint density at radius 2 is 1.79 bits per heavy atom. The number of hydrogen-bond donors (Lipinski definition) is 0. The molecule has 19 heavy (non-hydrogen) atoms. The van der Waals surface area contributed by atoms with Crippen molar-refractivity contribution in [3.63, 3.8) is 0 Å². The molecule has 3 nitrogen and oxygen atoms in total. The van der Waals surface area contributed by atoms with E-state index in [0.717, 1.165) is 10.9 Å². The van der Waals surface area contributed by atoms with Crippen LogP contribution in [0.15, 0.2) is 16.6 Å². The minimum atomic E-state index is 0.138. The molecule has 104 valence electrons. The summed E-state index contributed by atoms with van der Waals surface area (Å²) in [6.45, 7) is 7.50. The van der Waals surface area contributed by atoms with Gasteiger partial charge in [-0.3, -0.25) is 4.79 Å². The molecule has 1 aliphatic rings. The average molecular weight is 327 g/mol. The first-order chi connectivity index (χ1) is 8.87. The van der Waals surface area contributed by atoms with Crippen molar-refractivity contribution in [1.29, 1.82) is 0 Å². The number of benzene rings is 1. The first-order valence-corrected chi connectivity index (χ1v) is 7.28. The molecular formula is C15H19BrO3. The van der Waals surface area contributed by atoms with E-state index in [1.54, 1.807) is 6.07 Å². The largest absolute Gasteiger partial charge is 0.486 e. The maximum absolute atomic E-state index is 12.3. The van der Waals surface area contributed by atoms with Gasteiger partial charge in [-0.1, -0.05) is 20.8 Å². The van der Waals surface area contributed by atoms with Gasteiger partial charge in [0.25, 0.3) is 0 Å². The summed E-state index contributed by atoms with van der Waals surface area (Å²) in [7, 11) is 0. The van der Waals surface area contributed by atoms with Gasteiger partial charge in [0.1, 0.15) is 13.2 Å². The number of fused-ring (bicyclic) bond motifs is 1. The molecule has 0 radical (unpaired) electrons. The van der Waals surface area contributed by atoms with E-state index in [1.165, 1.54) is 0 Å². The molecule has 0 amide bonds. The Balaban J connectivity index is 2.17. The molecule has 1 aromatic rings. The fraction of sp³-hybridized carbons (Fsp3) is 0.533. The molecule has 2 rings (SSSR count). The van der Waals surface area contributed by atoms with E-state index in [0.29, 0.717) is 36.7 Å². The van der Waals surface area contributed by atoms with E-state index in [1.807, 2.05) is 6.07 Å². The number of ketones is 1. The van der Waals surface area contributed by atoms with Crippen LogP contribution in [-0.4, -0.2) is 19.0 Å². The second-order valence-electron chi connectivity index (χ2n) is 5.96. The van der Waals surface area contributed by atoms with Gasteiger partial charge in [0.15, 0.2) is 17.3 Å². The summed E-state index contributed by atoms with van der Waals surface area (Å²) in [6, 6.07) is 3.60. The van der Waals surface area contributed by atoms with Crippen LogP contribution >= 0.6 is 15.9 Å². The van der Waals surface area contributed by atoms with Crippen molar-refractivity contribution in [2.24, 2.45) is 5.41 Å². The fourth-order valence-corrected chi connectivity index (χ4v) is 2.44. The standard InChI is InChI=1S/C15H19BrO3/c1-15(2,3)5-4-12(17)10-8-13-14(9-11(10)16)19-7-6-18-13/h8-9H,4-7H2,1-3H3. The molecule has 1 aliphatic heterocycles. The molecule has 0 N–H and O–H groups in total. The number of halogens is 1. The maximum atomic E-state index is 12.3. The molecule has 0 unspecified atom stereocenters. The molecule has 0 fully saturated rings. The monoisotopic (exact) mass is 326 g/mol. The van der Waals surface area contributed by atoms with Gasteiger partial charge in [-0.25, -0.2) is 0 Å². The first-order valence-electron chi connectivity index (χ1n) is 6.49. The van der Waals surface area contributed by atoms with E-state index in [4.69, 9.17) is 9.47 Å². The highest BCUT2D eigenvalue weighted by atomic mass is 79.9. The van der Waals surface area contributed by atoms with Crippen molar-refractivity contribution >= 4 is 21.7 Å². The molecule has 0 saturated carbocycles. The molecule has 0 atom stereocenters. The average Bonchev–Trinajstić information content (AvgIpc) is 2.34. The Bertz CT molecular complexity index is 489. The highest BCUT2D eigenvalue weighted by Gasteiger charge is 2.20. The molecule has 0 saturated heterocycles. The minimum Gasteiger partial charge on any atom is -0.486 e. The quantitative estimate of drug-likeness (QED) is 0.780. The van der Waals surface area contributed by atoms with E-state index in [2.05, 4.69) is 36.7 Å². The third-order valence-electron chi connectivity index (χ3n) is 3.03. The Labute approximate surface area is 122 Å². The highest BCUT2D eigenvalue weighted by Crippen LogP contribution is 2.36. The zero-order valence-corrected chi connectivity index (χ0v) is 13.2. The Hall–Kier alpha value is -1.03. The summed E-state index contributed by atoms with van der Waals surface area (Å²) in [6.07, 6.45) is 1.41. The smallest absolute Gasteiger partial charge is 0.164 e. The van der Waals surface area contributed by atoms with Gasteiger partial charge in [-0.15, -0.1) is 0 Å². The summed E-state index contributed by atoms with van der Waals surface area (Å²) in [5, 5.41) is 0. The normalized spacial score (nSPS) is 14.3. The highest BCUT2D eigenvalue weighted by molar-refractivity contribution is 9.10. The number of Topliss-reactive ketones (excluding diaryl/α,β-unsaturated/α-hetero) is 1. The number of rotatable bonds is 3. The van der Waals surface area contributed by atoms with Crippen molar-refractivity contribution in [2.75, 3.05) is 13.2 Å². The molecule has 1 aromatic carbocycles. The van der Waals surface area contributed by atoms with Crippen LogP contribution in [0.2, 0.25) is 0 Å². The summed E-state index contributed by atoms with van der Waals surface area (Å²) in [4.78, 5) is 12.3. The van der Waals surface area contributed by atoms with E-state index in [9.17, 15) is 4.79 Å². The second-order valence-corrected chi connectivity index (χ2v) is 6.81. The molecule has 4 heteroatoms. The Morgan fingerprint density at radius 3 is 2.37 bits per heavy atom. The zero-order chi connectivity index (χ0) is 14.0. The molecule has 0 aromatic heterocycles. The van der Waals surface area contributed by atoms with Gasteiger partial charge in [0.05, 0.1) is 0 Å². The van der Waals surface area contributed by atoms with Crippen LogP contribution in [0.4, 0.5) is 0 Å². The molecule has 0 bridgehead atoms. The Morgan fingerprint density at radius 1 is 1.21 bits per heavy atom. The van der Waals surface area contributed by atoms with Crippen LogP contribution in [0.25, 0.3) is 0 Å². The van der Waals surface area contributed by atoms with Crippen molar-refractivity contribution in [2.45, 2.75) is 33.6 Å². The van der Waals surface area contributed by atoms with Crippen LogP contribution < -0.4 is 9.47 Å². The van der Waals surface area contributed by atoms with Gasteiger partial charge in [-0.05, 0) is 39.9 Å². The maximum Gasteiger partial charge on any atom is 0.164 e. The predicted octanol–water partition coefficient (Wildman–Crippen LogP) is 4.23. The summed E-state index contributed by atoms with van der Waals surface area (Å²) < 4.78 is 11.8. The van der Waals surface area contributed by atoms with Crippen molar-refractivity contribution in [1.82, 2.24) is 0 Å². The molecular weight excluding hydrogens is 308 g/mol. The predicted molar refractivity (Wildman–Crippen MR) is 78.2 cm³/mol. The number of ether oxygens (including phenoxy) is 2. The topological polar surface area (TPSA) is 35.5 Å². The van der Waals surface area contributed by atoms with E-state index in [-0.39, 0.29) is 11.2 Å². The molecule has 0 spiro atoms. The zero-order valence-electron chi connectivity index (χ0n) is 11.6. The van der Waals surface area contributed by atoms with Crippen LogP contribution in [-0.2, 0) is 0 Å². The third kappa shape index (κ3) is 3.72. The lowest BCUT2D eigenvalue weighted by molar-refractivity contribution is 0.0964. The van der Waals surface area contributed by atoms with Gasteiger partial charge < -0.3 is 9.47 Å². The number of carbonyl (C=O) groups excluding carboxylic acids is 1. The van der Waals surface area contributed by atoms with E-state index < -0.39 is 0 Å². The van der Waals surface area contributed by atoms with E-state index >= 15 is 0 Å². The van der Waals surface area contributed by atoms with Gasteiger partial charge in [-0.2, -0.15) is 0 Å². The lowest BCUT2D eigenvalue weighted by atomic mass is 9.88. The van der Waals surface area contributed by atoms with Gasteiger partial charge in [0, 0.05) is 16.5 Å². The second kappa shape index (κ2) is 5.53. The van der Waals surface area contributed by atoms with Crippen molar-refractivity contribution in [3.8, 4) is 11.5 Å². The molecule has 0 aliphatic carbocycles. The third-order valence-corrected chi connectivity index (χ3v) is 3.69. The van der Waals surface area contributed by atoms with Gasteiger partial charge in [0.2, 0.25) is 0 Å². The summed E-state index contributed by atoms with van der Waals surface area (Å²) in [5.74, 6) is 1.50. The minimum absolute atomic E-state index is 0.138. The Kier molecular flexibility index (Phi) is 4.19. The lowest BCUT2D eigenvalue weighted by Gasteiger charge is -2.20. The lowest BCUT2D eigenvalue weighted by Crippen LogP contribution is -2.16. The van der Waals surface area contributed by atoms with Crippen LogP contribution in [0, 0.1) is 5.41 Å².